The molecule has 17 heavy (non-hydrogen) atoms. The lowest BCUT2D eigenvalue weighted by Crippen LogP contribution is -2.37. The van der Waals surface area contributed by atoms with Crippen molar-refractivity contribution < 1.29 is 24.2 Å². The number of hydrogen-bond acceptors (Lipinski definition) is 4. The normalized spacial score (nSPS) is 20.2. The zero-order valence-electron chi connectivity index (χ0n) is 9.00. The molecule has 2 heterocycles. The van der Waals surface area contributed by atoms with Gasteiger partial charge in [0.15, 0.2) is 5.69 Å². The minimum atomic E-state index is -1.18. The van der Waals surface area contributed by atoms with Gasteiger partial charge in [-0.1, -0.05) is 0 Å². The Balaban J connectivity index is 2.23. The number of rotatable bonds is 2. The van der Waals surface area contributed by atoms with E-state index in [-0.39, 0.29) is 11.6 Å². The van der Waals surface area contributed by atoms with Crippen molar-refractivity contribution in [3.05, 3.63) is 17.8 Å². The van der Waals surface area contributed by atoms with Crippen molar-refractivity contribution in [2.75, 3.05) is 6.54 Å². The molecule has 1 saturated heterocycles. The summed E-state index contributed by atoms with van der Waals surface area (Å²) in [6.07, 6.45) is 2.27. The van der Waals surface area contributed by atoms with Gasteiger partial charge in [-0.05, 0) is 19.3 Å². The van der Waals surface area contributed by atoms with Crippen LogP contribution in [0.25, 0.3) is 0 Å². The van der Waals surface area contributed by atoms with Gasteiger partial charge >= 0.3 is 12.1 Å². The minimum Gasteiger partial charge on any atom is -0.476 e. The highest BCUT2D eigenvalue weighted by molar-refractivity contribution is 5.84. The number of piperidine rings is 1. The molecule has 1 amide bonds. The van der Waals surface area contributed by atoms with E-state index < -0.39 is 18.1 Å². The van der Waals surface area contributed by atoms with Gasteiger partial charge in [0.05, 0.1) is 0 Å². The first-order chi connectivity index (χ1) is 8.09. The monoisotopic (exact) mass is 240 g/mol. The molecular formula is C10H12N2O5. The fourth-order valence-corrected chi connectivity index (χ4v) is 1.96. The maximum Gasteiger partial charge on any atom is 0.407 e. The van der Waals surface area contributed by atoms with Gasteiger partial charge in [0, 0.05) is 6.54 Å². The number of carbonyl (C=O) groups is 2. The first-order valence-electron chi connectivity index (χ1n) is 5.28. The van der Waals surface area contributed by atoms with E-state index >= 15 is 0 Å². The van der Waals surface area contributed by atoms with Crippen molar-refractivity contribution in [1.29, 1.82) is 0 Å². The van der Waals surface area contributed by atoms with Crippen LogP contribution < -0.4 is 0 Å². The number of carboxylic acids is 1. The SMILES string of the molecule is O=C(O)c1coc(C2CCCCN2C(=O)O)n1. The quantitative estimate of drug-likeness (QED) is 0.813. The van der Waals surface area contributed by atoms with Crippen molar-refractivity contribution in [2.45, 2.75) is 25.3 Å². The highest BCUT2D eigenvalue weighted by atomic mass is 16.4. The summed E-state index contributed by atoms with van der Waals surface area (Å²) in [5, 5.41) is 17.7. The molecule has 0 saturated carbocycles. The third kappa shape index (κ3) is 2.22. The van der Waals surface area contributed by atoms with Gasteiger partial charge in [-0.3, -0.25) is 4.90 Å². The third-order valence-electron chi connectivity index (χ3n) is 2.77. The molecule has 2 N–H and O–H groups in total. The minimum absolute atomic E-state index is 0.157. The summed E-state index contributed by atoms with van der Waals surface area (Å²) in [6, 6.07) is -0.477. The lowest BCUT2D eigenvalue weighted by molar-refractivity contribution is 0.0690. The van der Waals surface area contributed by atoms with Crippen LogP contribution in [-0.2, 0) is 0 Å². The maximum absolute atomic E-state index is 11.0. The summed E-state index contributed by atoms with van der Waals surface area (Å²) >= 11 is 0. The van der Waals surface area contributed by atoms with Gasteiger partial charge in [0.1, 0.15) is 12.3 Å². The highest BCUT2D eigenvalue weighted by Crippen LogP contribution is 2.30. The van der Waals surface area contributed by atoms with Gasteiger partial charge in [-0.15, -0.1) is 0 Å². The topological polar surface area (TPSA) is 104 Å². The molecule has 0 radical (unpaired) electrons. The van der Waals surface area contributed by atoms with E-state index in [1.165, 1.54) is 4.90 Å². The summed E-state index contributed by atoms with van der Waals surface area (Å²) in [5.74, 6) is -1.03. The Morgan fingerprint density at radius 2 is 2.18 bits per heavy atom. The number of nitrogens with zero attached hydrogens (tertiary/aromatic N) is 2. The molecule has 7 nitrogen and oxygen atoms in total. The molecule has 1 aliphatic heterocycles. The molecule has 2 rings (SSSR count). The Labute approximate surface area is 96.7 Å². The standard InChI is InChI=1S/C10H12N2O5/c13-9(14)6-5-17-8(11-6)7-3-1-2-4-12(7)10(15)16/h5,7H,1-4H2,(H,13,14)(H,15,16). The van der Waals surface area contributed by atoms with Crippen LogP contribution in [0.15, 0.2) is 10.7 Å². The fraction of sp³-hybridized carbons (Fsp3) is 0.500. The van der Waals surface area contributed by atoms with Crippen molar-refractivity contribution >= 4 is 12.1 Å². The molecule has 1 fully saturated rings. The van der Waals surface area contributed by atoms with E-state index in [9.17, 15) is 9.59 Å². The zero-order valence-corrected chi connectivity index (χ0v) is 9.00. The Hall–Kier alpha value is -2.05. The Bertz CT molecular complexity index is 442. The Morgan fingerprint density at radius 3 is 2.76 bits per heavy atom. The van der Waals surface area contributed by atoms with Crippen LogP contribution in [0.4, 0.5) is 4.79 Å². The predicted molar refractivity (Wildman–Crippen MR) is 54.8 cm³/mol. The number of amides is 1. The summed E-state index contributed by atoms with van der Waals surface area (Å²) < 4.78 is 5.05. The predicted octanol–water partition coefficient (Wildman–Crippen LogP) is 1.58. The number of likely N-dealkylation sites (tertiary alicyclic amines) is 1. The first kappa shape index (κ1) is 11.4. The highest BCUT2D eigenvalue weighted by Gasteiger charge is 2.31. The molecule has 1 unspecified atom stereocenters. The van der Waals surface area contributed by atoms with E-state index in [2.05, 4.69) is 4.98 Å². The smallest absolute Gasteiger partial charge is 0.407 e. The lowest BCUT2D eigenvalue weighted by atomic mass is 10.0. The Morgan fingerprint density at radius 1 is 1.41 bits per heavy atom. The zero-order chi connectivity index (χ0) is 12.4. The van der Waals surface area contributed by atoms with Gasteiger partial charge in [-0.25, -0.2) is 14.6 Å². The van der Waals surface area contributed by atoms with Crippen LogP contribution >= 0.6 is 0 Å². The summed E-state index contributed by atoms with van der Waals surface area (Å²) in [5.41, 5.74) is -0.198. The van der Waals surface area contributed by atoms with Gasteiger partial charge in [0.25, 0.3) is 0 Å². The second-order valence-corrected chi connectivity index (χ2v) is 3.86. The van der Waals surface area contributed by atoms with Crippen molar-refractivity contribution in [3.63, 3.8) is 0 Å². The number of aromatic nitrogens is 1. The molecule has 1 atom stereocenters. The van der Waals surface area contributed by atoms with Crippen LogP contribution in [0.2, 0.25) is 0 Å². The summed E-state index contributed by atoms with van der Waals surface area (Å²) in [4.78, 5) is 26.7. The second-order valence-electron chi connectivity index (χ2n) is 3.86. The van der Waals surface area contributed by atoms with Gasteiger partial charge in [-0.2, -0.15) is 0 Å². The van der Waals surface area contributed by atoms with E-state index in [1.54, 1.807) is 0 Å². The molecule has 1 aromatic heterocycles. The molecule has 92 valence electrons. The van der Waals surface area contributed by atoms with Crippen LogP contribution in [-0.4, -0.2) is 38.7 Å². The third-order valence-corrected chi connectivity index (χ3v) is 2.77. The maximum atomic E-state index is 11.0. The molecule has 0 spiro atoms. The summed E-state index contributed by atoms with van der Waals surface area (Å²) in [6.45, 7) is 0.421. The molecule has 7 heteroatoms. The lowest BCUT2D eigenvalue weighted by Gasteiger charge is -2.31. The Kier molecular flexibility index (Phi) is 2.99. The van der Waals surface area contributed by atoms with E-state index in [1.807, 2.05) is 0 Å². The van der Waals surface area contributed by atoms with Crippen molar-refractivity contribution in [3.8, 4) is 0 Å². The summed E-state index contributed by atoms with van der Waals surface area (Å²) in [7, 11) is 0. The molecule has 1 aromatic rings. The van der Waals surface area contributed by atoms with E-state index in [4.69, 9.17) is 14.6 Å². The van der Waals surface area contributed by atoms with Crippen LogP contribution in [0.5, 0.6) is 0 Å². The van der Waals surface area contributed by atoms with Gasteiger partial charge in [0.2, 0.25) is 5.89 Å². The van der Waals surface area contributed by atoms with Crippen molar-refractivity contribution in [1.82, 2.24) is 9.88 Å². The van der Waals surface area contributed by atoms with Crippen molar-refractivity contribution in [2.24, 2.45) is 0 Å². The van der Waals surface area contributed by atoms with Gasteiger partial charge < -0.3 is 14.6 Å². The largest absolute Gasteiger partial charge is 0.476 e. The fourth-order valence-electron chi connectivity index (χ4n) is 1.96. The second kappa shape index (κ2) is 4.44. The molecule has 0 bridgehead atoms. The van der Waals surface area contributed by atoms with E-state index in [0.29, 0.717) is 13.0 Å². The van der Waals surface area contributed by atoms with Crippen LogP contribution in [0.1, 0.15) is 41.7 Å². The number of aromatic carboxylic acids is 1. The number of hydrogen-bond donors (Lipinski definition) is 2. The van der Waals surface area contributed by atoms with Crippen LogP contribution in [0, 0.1) is 0 Å². The number of carboxylic acid groups (broad SMARTS) is 2. The molecule has 0 aromatic carbocycles. The van der Waals surface area contributed by atoms with Crippen LogP contribution in [0.3, 0.4) is 0 Å². The average molecular weight is 240 g/mol. The first-order valence-corrected chi connectivity index (χ1v) is 5.28. The molecule has 1 aliphatic rings. The molecular weight excluding hydrogens is 228 g/mol. The molecule has 0 aliphatic carbocycles. The van der Waals surface area contributed by atoms with E-state index in [0.717, 1.165) is 19.1 Å². The average Bonchev–Trinajstić information content (AvgIpc) is 2.78. The number of oxazole rings is 1.